The third-order valence-electron chi connectivity index (χ3n) is 1.80. The summed E-state index contributed by atoms with van der Waals surface area (Å²) in [5, 5.41) is 16.5. The van der Waals surface area contributed by atoms with Gasteiger partial charge in [0.15, 0.2) is 11.3 Å². The molecule has 1 aromatic rings. The van der Waals surface area contributed by atoms with Crippen molar-refractivity contribution >= 4 is 11.8 Å². The number of aromatic nitrogens is 3. The molecule has 0 saturated carbocycles. The van der Waals surface area contributed by atoms with E-state index in [1.54, 1.807) is 18.5 Å². The lowest BCUT2D eigenvalue weighted by Gasteiger charge is -2.13. The molecule has 1 rings (SSSR count). The van der Waals surface area contributed by atoms with Gasteiger partial charge in [-0.25, -0.2) is 0 Å². The van der Waals surface area contributed by atoms with Crippen LogP contribution in [0.1, 0.15) is 5.82 Å². The first-order valence-corrected chi connectivity index (χ1v) is 5.04. The number of hydrogen-bond donors (Lipinski definition) is 1. The molecule has 1 aromatic heterocycles. The Kier molecular flexibility index (Phi) is 3.61. The smallest absolute Gasteiger partial charge is 0.383 e. The van der Waals surface area contributed by atoms with Crippen molar-refractivity contribution in [3.63, 3.8) is 0 Å². The average molecular weight is 241 g/mol. The number of thioether (sulfide) groups is 1. The van der Waals surface area contributed by atoms with Gasteiger partial charge in [-0.15, -0.1) is 10.2 Å². The standard InChI is InChI=1S/C7H10F3N3OS/c1-4-11-12-6(13(4)2)15-3-5(14)7(8,9)10/h5,14H,3H2,1-2H3. The molecular weight excluding hydrogens is 231 g/mol. The van der Waals surface area contributed by atoms with Gasteiger partial charge in [0, 0.05) is 12.8 Å². The molecule has 15 heavy (non-hydrogen) atoms. The van der Waals surface area contributed by atoms with Gasteiger partial charge in [-0.05, 0) is 6.92 Å². The third kappa shape index (κ3) is 3.10. The molecule has 0 aromatic carbocycles. The molecule has 0 amide bonds. The van der Waals surface area contributed by atoms with Crippen LogP contribution in [-0.4, -0.2) is 37.9 Å². The summed E-state index contributed by atoms with van der Waals surface area (Å²) in [6, 6.07) is 0. The first kappa shape index (κ1) is 12.3. The highest BCUT2D eigenvalue weighted by Gasteiger charge is 2.38. The number of alkyl halides is 3. The van der Waals surface area contributed by atoms with E-state index in [9.17, 15) is 13.2 Å². The van der Waals surface area contributed by atoms with Gasteiger partial charge >= 0.3 is 6.18 Å². The molecule has 4 nitrogen and oxygen atoms in total. The Bertz CT molecular complexity index is 339. The van der Waals surface area contributed by atoms with Crippen LogP contribution in [0, 0.1) is 6.92 Å². The molecule has 0 bridgehead atoms. The number of rotatable bonds is 3. The number of halogens is 3. The van der Waals surface area contributed by atoms with E-state index in [4.69, 9.17) is 5.11 Å². The Morgan fingerprint density at radius 3 is 2.47 bits per heavy atom. The third-order valence-corrected chi connectivity index (χ3v) is 2.90. The molecular formula is C7H10F3N3OS. The lowest BCUT2D eigenvalue weighted by molar-refractivity contribution is -0.195. The Balaban J connectivity index is 2.55. The molecule has 1 atom stereocenters. The Morgan fingerprint density at radius 1 is 1.47 bits per heavy atom. The molecule has 0 aliphatic heterocycles. The van der Waals surface area contributed by atoms with Crippen LogP contribution in [0.25, 0.3) is 0 Å². The minimum atomic E-state index is -4.58. The molecule has 0 saturated heterocycles. The SMILES string of the molecule is Cc1nnc(SCC(O)C(F)(F)F)n1C. The zero-order valence-corrected chi connectivity index (χ0v) is 8.93. The van der Waals surface area contributed by atoms with Gasteiger partial charge in [0.25, 0.3) is 0 Å². The second-order valence-electron chi connectivity index (χ2n) is 2.96. The molecule has 8 heteroatoms. The minimum absolute atomic E-state index is 0.357. The number of aliphatic hydroxyl groups excluding tert-OH is 1. The number of aryl methyl sites for hydroxylation is 1. The van der Waals surface area contributed by atoms with Gasteiger partial charge < -0.3 is 9.67 Å². The molecule has 0 radical (unpaired) electrons. The summed E-state index contributed by atoms with van der Waals surface area (Å²) in [4.78, 5) is 0. The van der Waals surface area contributed by atoms with E-state index in [2.05, 4.69) is 10.2 Å². The molecule has 0 spiro atoms. The van der Waals surface area contributed by atoms with Crippen molar-refractivity contribution < 1.29 is 18.3 Å². The van der Waals surface area contributed by atoms with Crippen LogP contribution in [0.4, 0.5) is 13.2 Å². The Morgan fingerprint density at radius 2 is 2.07 bits per heavy atom. The van der Waals surface area contributed by atoms with E-state index in [1.165, 1.54) is 0 Å². The fourth-order valence-electron chi connectivity index (χ4n) is 0.761. The zero-order chi connectivity index (χ0) is 11.6. The predicted molar refractivity (Wildman–Crippen MR) is 48.5 cm³/mol. The van der Waals surface area contributed by atoms with Crippen molar-refractivity contribution in [1.82, 2.24) is 14.8 Å². The zero-order valence-electron chi connectivity index (χ0n) is 8.12. The van der Waals surface area contributed by atoms with E-state index in [0.29, 0.717) is 11.0 Å². The normalized spacial score (nSPS) is 14.3. The predicted octanol–water partition coefficient (Wildman–Crippen LogP) is 1.14. The number of aliphatic hydroxyl groups is 1. The lowest BCUT2D eigenvalue weighted by Crippen LogP contribution is -2.30. The van der Waals surface area contributed by atoms with Crippen LogP contribution >= 0.6 is 11.8 Å². The molecule has 1 heterocycles. The topological polar surface area (TPSA) is 50.9 Å². The van der Waals surface area contributed by atoms with Gasteiger partial charge in [0.05, 0.1) is 0 Å². The van der Waals surface area contributed by atoms with Crippen LogP contribution in [0.2, 0.25) is 0 Å². The Hall–Kier alpha value is -0.760. The maximum atomic E-state index is 12.0. The van der Waals surface area contributed by atoms with Gasteiger partial charge in [0.2, 0.25) is 0 Å². The number of nitrogens with zero attached hydrogens (tertiary/aromatic N) is 3. The van der Waals surface area contributed by atoms with Crippen molar-refractivity contribution in [2.45, 2.75) is 24.4 Å². The van der Waals surface area contributed by atoms with E-state index in [1.807, 2.05) is 0 Å². The summed E-state index contributed by atoms with van der Waals surface area (Å²) in [6.45, 7) is 1.69. The fraction of sp³-hybridized carbons (Fsp3) is 0.714. The lowest BCUT2D eigenvalue weighted by atomic mass is 10.4. The highest BCUT2D eigenvalue weighted by Crippen LogP contribution is 2.25. The Labute approximate surface area is 88.5 Å². The largest absolute Gasteiger partial charge is 0.415 e. The summed E-state index contributed by atoms with van der Waals surface area (Å²) >= 11 is 0.822. The quantitative estimate of drug-likeness (QED) is 0.806. The van der Waals surface area contributed by atoms with E-state index in [0.717, 1.165) is 11.8 Å². The summed E-state index contributed by atoms with van der Waals surface area (Å²) in [5.41, 5.74) is 0. The molecule has 0 fully saturated rings. The van der Waals surface area contributed by atoms with Crippen LogP contribution < -0.4 is 0 Å². The van der Waals surface area contributed by atoms with Gasteiger partial charge in [-0.2, -0.15) is 13.2 Å². The second kappa shape index (κ2) is 4.40. The van der Waals surface area contributed by atoms with E-state index in [-0.39, 0.29) is 0 Å². The maximum absolute atomic E-state index is 12.0. The van der Waals surface area contributed by atoms with E-state index >= 15 is 0 Å². The minimum Gasteiger partial charge on any atom is -0.383 e. The van der Waals surface area contributed by atoms with Crippen LogP contribution in [0.15, 0.2) is 5.16 Å². The van der Waals surface area contributed by atoms with Gasteiger partial charge in [-0.1, -0.05) is 11.8 Å². The van der Waals surface area contributed by atoms with E-state index < -0.39 is 18.0 Å². The second-order valence-corrected chi connectivity index (χ2v) is 3.94. The van der Waals surface area contributed by atoms with Crippen LogP contribution in [0.3, 0.4) is 0 Å². The van der Waals surface area contributed by atoms with Crippen molar-refractivity contribution in [1.29, 1.82) is 0 Å². The van der Waals surface area contributed by atoms with Gasteiger partial charge in [0.1, 0.15) is 5.82 Å². The number of hydrogen-bond acceptors (Lipinski definition) is 4. The summed E-state index contributed by atoms with van der Waals surface area (Å²) in [6.07, 6.45) is -6.92. The van der Waals surface area contributed by atoms with Crippen molar-refractivity contribution in [3.8, 4) is 0 Å². The first-order chi connectivity index (χ1) is 6.82. The highest BCUT2D eigenvalue weighted by molar-refractivity contribution is 7.99. The molecule has 0 aliphatic carbocycles. The first-order valence-electron chi connectivity index (χ1n) is 4.06. The highest BCUT2D eigenvalue weighted by atomic mass is 32.2. The monoisotopic (exact) mass is 241 g/mol. The molecule has 1 unspecified atom stereocenters. The van der Waals surface area contributed by atoms with Crippen molar-refractivity contribution in [2.24, 2.45) is 7.05 Å². The van der Waals surface area contributed by atoms with Crippen molar-refractivity contribution in [2.75, 3.05) is 5.75 Å². The molecule has 1 N–H and O–H groups in total. The average Bonchev–Trinajstić information content (AvgIpc) is 2.43. The van der Waals surface area contributed by atoms with Crippen molar-refractivity contribution in [3.05, 3.63) is 5.82 Å². The summed E-state index contributed by atoms with van der Waals surface area (Å²) in [7, 11) is 1.65. The van der Waals surface area contributed by atoms with Crippen LogP contribution in [0.5, 0.6) is 0 Å². The fourth-order valence-corrected chi connectivity index (χ4v) is 1.68. The summed E-state index contributed by atoms with van der Waals surface area (Å²) < 4.78 is 37.4. The maximum Gasteiger partial charge on any atom is 0.415 e. The molecule has 0 aliphatic rings. The summed E-state index contributed by atoms with van der Waals surface area (Å²) in [5.74, 6) is 0.133. The van der Waals surface area contributed by atoms with Crippen LogP contribution in [-0.2, 0) is 7.05 Å². The molecule has 86 valence electrons. The van der Waals surface area contributed by atoms with Gasteiger partial charge in [-0.3, -0.25) is 0 Å².